The molecule has 1 aliphatic carbocycles. The van der Waals surface area contributed by atoms with Gasteiger partial charge in [-0.1, -0.05) is 6.92 Å². The molecule has 4 nitrogen and oxygen atoms in total. The lowest BCUT2D eigenvalue weighted by molar-refractivity contribution is 0.251. The van der Waals surface area contributed by atoms with Gasteiger partial charge < -0.3 is 15.4 Å². The highest BCUT2D eigenvalue weighted by atomic mass is 127. The maximum atomic E-state index is 11.7. The van der Waals surface area contributed by atoms with E-state index in [4.69, 9.17) is 4.74 Å². The van der Waals surface area contributed by atoms with Crippen LogP contribution in [0.5, 0.6) is 5.75 Å². The number of benzene rings is 1. The summed E-state index contributed by atoms with van der Waals surface area (Å²) >= 11 is 2.17. The van der Waals surface area contributed by atoms with E-state index in [2.05, 4.69) is 40.1 Å². The molecule has 17 heavy (non-hydrogen) atoms. The summed E-state index contributed by atoms with van der Waals surface area (Å²) in [7, 11) is 1.62. The lowest BCUT2D eigenvalue weighted by Gasteiger charge is -2.09. The van der Waals surface area contributed by atoms with E-state index in [0.29, 0.717) is 12.0 Å². The van der Waals surface area contributed by atoms with E-state index in [0.717, 1.165) is 21.4 Å². The van der Waals surface area contributed by atoms with Gasteiger partial charge in [-0.25, -0.2) is 4.79 Å². The van der Waals surface area contributed by atoms with Crippen molar-refractivity contribution in [3.05, 3.63) is 21.8 Å². The number of rotatable bonds is 3. The highest BCUT2D eigenvalue weighted by Crippen LogP contribution is 2.29. The third-order valence-corrected chi connectivity index (χ3v) is 3.74. The predicted octanol–water partition coefficient (Wildman–Crippen LogP) is 2.83. The van der Waals surface area contributed by atoms with Gasteiger partial charge in [0, 0.05) is 9.61 Å². The zero-order valence-electron chi connectivity index (χ0n) is 9.79. The van der Waals surface area contributed by atoms with Gasteiger partial charge in [-0.2, -0.15) is 0 Å². The summed E-state index contributed by atoms with van der Waals surface area (Å²) in [4.78, 5) is 11.7. The second kappa shape index (κ2) is 5.12. The third kappa shape index (κ3) is 3.24. The smallest absolute Gasteiger partial charge is 0.319 e. The summed E-state index contributed by atoms with van der Waals surface area (Å²) in [5.41, 5.74) is 0.803. The predicted molar refractivity (Wildman–Crippen MR) is 75.4 cm³/mol. The van der Waals surface area contributed by atoms with Crippen molar-refractivity contribution in [2.75, 3.05) is 12.4 Å². The van der Waals surface area contributed by atoms with Gasteiger partial charge in [0.25, 0.3) is 0 Å². The molecule has 2 N–H and O–H groups in total. The zero-order valence-corrected chi connectivity index (χ0v) is 11.9. The van der Waals surface area contributed by atoms with Crippen LogP contribution in [-0.4, -0.2) is 19.2 Å². The Morgan fingerprint density at radius 2 is 2.24 bits per heavy atom. The van der Waals surface area contributed by atoms with Gasteiger partial charge >= 0.3 is 6.03 Å². The molecule has 1 saturated carbocycles. The average molecular weight is 346 g/mol. The number of hydrogen-bond donors (Lipinski definition) is 2. The summed E-state index contributed by atoms with van der Waals surface area (Å²) in [6.07, 6.45) is 1.08. The number of nitrogens with one attached hydrogen (secondary N) is 2. The molecular formula is C12H15IN2O2. The number of urea groups is 1. The third-order valence-electron chi connectivity index (χ3n) is 2.85. The summed E-state index contributed by atoms with van der Waals surface area (Å²) in [6, 6.07) is 5.76. The maximum Gasteiger partial charge on any atom is 0.319 e. The standard InChI is InChI=1S/C12H15IN2O2/c1-7-5-11(7)15-12(16)14-10-4-3-8(17-2)6-9(10)13/h3-4,6-7,11H,5H2,1-2H3,(H2,14,15,16)/t7-,11-/m1/s1. The van der Waals surface area contributed by atoms with Crippen molar-refractivity contribution in [3.63, 3.8) is 0 Å². The second-order valence-electron chi connectivity index (χ2n) is 4.26. The van der Waals surface area contributed by atoms with Crippen LogP contribution in [0, 0.1) is 9.49 Å². The number of carbonyl (C=O) groups excluding carboxylic acids is 1. The van der Waals surface area contributed by atoms with Gasteiger partial charge in [-0.05, 0) is 53.1 Å². The zero-order chi connectivity index (χ0) is 12.4. The average Bonchev–Trinajstić information content (AvgIpc) is 2.97. The van der Waals surface area contributed by atoms with Crippen molar-refractivity contribution in [1.82, 2.24) is 5.32 Å². The largest absolute Gasteiger partial charge is 0.497 e. The van der Waals surface area contributed by atoms with E-state index >= 15 is 0 Å². The minimum absolute atomic E-state index is 0.137. The number of halogens is 1. The fraction of sp³-hybridized carbons (Fsp3) is 0.417. The molecule has 1 aromatic rings. The Balaban J connectivity index is 1.95. The number of methoxy groups -OCH3 is 1. The van der Waals surface area contributed by atoms with Crippen LogP contribution < -0.4 is 15.4 Å². The molecule has 1 aliphatic rings. The quantitative estimate of drug-likeness (QED) is 0.827. The number of amides is 2. The van der Waals surface area contributed by atoms with Crippen LogP contribution in [-0.2, 0) is 0 Å². The second-order valence-corrected chi connectivity index (χ2v) is 5.43. The molecule has 0 aromatic heterocycles. The van der Waals surface area contributed by atoms with E-state index in [9.17, 15) is 4.79 Å². The molecule has 0 saturated heterocycles. The Morgan fingerprint density at radius 3 is 2.76 bits per heavy atom. The van der Waals surface area contributed by atoms with Gasteiger partial charge in [0.15, 0.2) is 0 Å². The van der Waals surface area contributed by atoms with Gasteiger partial charge in [-0.15, -0.1) is 0 Å². The van der Waals surface area contributed by atoms with E-state index < -0.39 is 0 Å². The normalized spacial score (nSPS) is 21.8. The molecular weight excluding hydrogens is 331 g/mol. The van der Waals surface area contributed by atoms with Crippen molar-refractivity contribution < 1.29 is 9.53 Å². The van der Waals surface area contributed by atoms with E-state index in [1.165, 1.54) is 0 Å². The monoisotopic (exact) mass is 346 g/mol. The first-order valence-corrected chi connectivity index (χ1v) is 6.59. The fourth-order valence-electron chi connectivity index (χ4n) is 1.57. The van der Waals surface area contributed by atoms with Crippen molar-refractivity contribution >= 4 is 34.3 Å². The highest BCUT2D eigenvalue weighted by molar-refractivity contribution is 14.1. The Labute approximate surface area is 114 Å². The van der Waals surface area contributed by atoms with Crippen LogP contribution in [0.25, 0.3) is 0 Å². The van der Waals surface area contributed by atoms with Gasteiger partial charge in [0.05, 0.1) is 12.8 Å². The van der Waals surface area contributed by atoms with Crippen molar-refractivity contribution in [2.24, 2.45) is 5.92 Å². The van der Waals surface area contributed by atoms with E-state index in [1.54, 1.807) is 7.11 Å². The van der Waals surface area contributed by atoms with Crippen LogP contribution in [0.1, 0.15) is 13.3 Å². The van der Waals surface area contributed by atoms with Crippen LogP contribution in [0.4, 0.5) is 10.5 Å². The molecule has 0 bridgehead atoms. The number of anilines is 1. The van der Waals surface area contributed by atoms with Gasteiger partial charge in [0.2, 0.25) is 0 Å². The van der Waals surface area contributed by atoms with Crippen LogP contribution >= 0.6 is 22.6 Å². The molecule has 0 spiro atoms. The minimum Gasteiger partial charge on any atom is -0.497 e. The summed E-state index contributed by atoms with van der Waals surface area (Å²) < 4.78 is 6.07. The minimum atomic E-state index is -0.137. The van der Waals surface area contributed by atoms with Gasteiger partial charge in [0.1, 0.15) is 5.75 Å². The molecule has 92 valence electrons. The maximum absolute atomic E-state index is 11.7. The number of carbonyl (C=O) groups is 1. The molecule has 5 heteroatoms. The lowest BCUT2D eigenvalue weighted by atomic mass is 10.3. The van der Waals surface area contributed by atoms with Crippen LogP contribution in [0.15, 0.2) is 18.2 Å². The van der Waals surface area contributed by atoms with Crippen LogP contribution in [0.3, 0.4) is 0 Å². The topological polar surface area (TPSA) is 50.4 Å². The summed E-state index contributed by atoms with van der Waals surface area (Å²) in [5, 5.41) is 5.76. The molecule has 2 atom stereocenters. The molecule has 0 unspecified atom stereocenters. The van der Waals surface area contributed by atoms with Crippen molar-refractivity contribution in [3.8, 4) is 5.75 Å². The Morgan fingerprint density at radius 1 is 1.53 bits per heavy atom. The number of hydrogen-bond acceptors (Lipinski definition) is 2. The van der Waals surface area contributed by atoms with Gasteiger partial charge in [-0.3, -0.25) is 0 Å². The van der Waals surface area contributed by atoms with Crippen LogP contribution in [0.2, 0.25) is 0 Å². The molecule has 1 aromatic carbocycles. The highest BCUT2D eigenvalue weighted by Gasteiger charge is 2.33. The molecule has 1 fully saturated rings. The Hall–Kier alpha value is -0.980. The van der Waals surface area contributed by atoms with Crippen molar-refractivity contribution in [2.45, 2.75) is 19.4 Å². The molecule has 2 amide bonds. The Kier molecular flexibility index (Phi) is 3.76. The molecule has 0 aliphatic heterocycles. The summed E-state index contributed by atoms with van der Waals surface area (Å²) in [6.45, 7) is 2.13. The van der Waals surface area contributed by atoms with Crippen molar-refractivity contribution in [1.29, 1.82) is 0 Å². The fourth-order valence-corrected chi connectivity index (χ4v) is 2.20. The van der Waals surface area contributed by atoms with E-state index in [1.807, 2.05) is 18.2 Å². The number of ether oxygens (including phenoxy) is 1. The Bertz CT molecular complexity index is 437. The SMILES string of the molecule is COc1ccc(NC(=O)N[C@@H]2C[C@H]2C)c(I)c1. The summed E-state index contributed by atoms with van der Waals surface area (Å²) in [5.74, 6) is 1.40. The lowest BCUT2D eigenvalue weighted by Crippen LogP contribution is -2.31. The molecule has 0 radical (unpaired) electrons. The van der Waals surface area contributed by atoms with E-state index in [-0.39, 0.29) is 6.03 Å². The first-order valence-electron chi connectivity index (χ1n) is 5.51. The molecule has 2 rings (SSSR count). The molecule has 0 heterocycles. The first-order chi connectivity index (χ1) is 8.10. The first kappa shape index (κ1) is 12.5.